The van der Waals surface area contributed by atoms with Crippen LogP contribution in [0.5, 0.6) is 28.7 Å². The quantitative estimate of drug-likeness (QED) is 0.0372. The summed E-state index contributed by atoms with van der Waals surface area (Å²) in [7, 11) is 0. The van der Waals surface area contributed by atoms with E-state index in [0.717, 1.165) is 188 Å². The third kappa shape index (κ3) is 11.1. The van der Waals surface area contributed by atoms with Crippen LogP contribution >= 0.6 is 0 Å². The molecule has 0 bridgehead atoms. The number of unbranched alkanes of at least 4 members (excludes halogenated alkanes) is 11. The van der Waals surface area contributed by atoms with Crippen LogP contribution in [0.2, 0.25) is 0 Å². The molecule has 0 N–H and O–H groups in total. The average molecular weight is 756 g/mol. The first-order chi connectivity index (χ1) is 27.1. The smallest absolute Gasteiger partial charge is 0.197 e. The molecule has 0 spiro atoms. The zero-order chi connectivity index (χ0) is 38.8. The van der Waals surface area contributed by atoms with E-state index < -0.39 is 0 Å². The third-order valence-corrected chi connectivity index (χ3v) is 10.5. The van der Waals surface area contributed by atoms with Crippen molar-refractivity contribution >= 4 is 43.4 Å². The summed E-state index contributed by atoms with van der Waals surface area (Å²) in [6.07, 6.45) is 19.1. The number of nitrogens with zero attached hydrogens (tertiary/aromatic N) is 1. The molecule has 5 rings (SSSR count). The lowest BCUT2D eigenvalue weighted by atomic mass is 9.92. The van der Waals surface area contributed by atoms with Crippen molar-refractivity contribution in [3.05, 3.63) is 36.2 Å². The molecule has 0 saturated carbocycles. The Balaban J connectivity index is 1.83. The summed E-state index contributed by atoms with van der Waals surface area (Å²) >= 11 is 0. The van der Waals surface area contributed by atoms with Crippen LogP contribution in [-0.4, -0.2) is 38.0 Å². The van der Waals surface area contributed by atoms with E-state index in [2.05, 4.69) is 71.9 Å². The maximum absolute atomic E-state index is 6.60. The van der Waals surface area contributed by atoms with Gasteiger partial charge in [-0.25, -0.2) is 4.98 Å². The van der Waals surface area contributed by atoms with Gasteiger partial charge in [-0.2, -0.15) is 0 Å². The van der Waals surface area contributed by atoms with Crippen molar-refractivity contribution in [3.8, 4) is 28.7 Å². The molecule has 0 aliphatic rings. The standard InChI is InChI=1S/C48H69NO6/c1-7-13-19-25-50-40-30-35-36-31-42(52-27-21-15-9-3)43(53-28-22-16-10-4)33-38(36)46-39(37(35)32-41(40)51-26-20-14-8-2)34-44(54-29-23-17-11-5)48-47(46)49-45(55-48)24-18-12-6/h30-34H,7-29H2,1-6H3. The molecule has 1 aromatic heterocycles. The van der Waals surface area contributed by atoms with Crippen LogP contribution in [0.1, 0.15) is 157 Å². The van der Waals surface area contributed by atoms with Crippen molar-refractivity contribution in [2.24, 2.45) is 0 Å². The minimum Gasteiger partial charge on any atom is -0.490 e. The van der Waals surface area contributed by atoms with Gasteiger partial charge in [-0.15, -0.1) is 0 Å². The van der Waals surface area contributed by atoms with Gasteiger partial charge in [-0.1, -0.05) is 112 Å². The highest BCUT2D eigenvalue weighted by Gasteiger charge is 2.23. The van der Waals surface area contributed by atoms with Crippen molar-refractivity contribution in [2.75, 3.05) is 33.0 Å². The first-order valence-electron chi connectivity index (χ1n) is 22.1. The van der Waals surface area contributed by atoms with E-state index in [-0.39, 0.29) is 0 Å². The van der Waals surface area contributed by atoms with Crippen LogP contribution in [-0.2, 0) is 6.42 Å². The summed E-state index contributed by atoms with van der Waals surface area (Å²) < 4.78 is 39.5. The van der Waals surface area contributed by atoms with Crippen molar-refractivity contribution in [1.29, 1.82) is 0 Å². The van der Waals surface area contributed by atoms with Gasteiger partial charge in [0.1, 0.15) is 5.52 Å². The lowest BCUT2D eigenvalue weighted by molar-refractivity contribution is 0.260. The molecule has 0 aliphatic heterocycles. The molecular formula is C48H69NO6. The van der Waals surface area contributed by atoms with Crippen LogP contribution in [0.3, 0.4) is 0 Å². The number of hydrogen-bond donors (Lipinski definition) is 0. The number of aromatic nitrogens is 1. The largest absolute Gasteiger partial charge is 0.490 e. The van der Waals surface area contributed by atoms with Crippen LogP contribution in [0.4, 0.5) is 0 Å². The summed E-state index contributed by atoms with van der Waals surface area (Å²) in [5.41, 5.74) is 1.55. The van der Waals surface area contributed by atoms with E-state index >= 15 is 0 Å². The molecule has 0 atom stereocenters. The Labute approximate surface area is 330 Å². The van der Waals surface area contributed by atoms with Crippen molar-refractivity contribution in [3.63, 3.8) is 0 Å². The molecule has 0 fully saturated rings. The van der Waals surface area contributed by atoms with Crippen LogP contribution in [0.25, 0.3) is 43.4 Å². The van der Waals surface area contributed by atoms with E-state index in [1.165, 1.54) is 0 Å². The van der Waals surface area contributed by atoms with E-state index in [0.29, 0.717) is 38.6 Å². The van der Waals surface area contributed by atoms with Crippen molar-refractivity contribution in [2.45, 2.75) is 157 Å². The summed E-state index contributed by atoms with van der Waals surface area (Å²) in [6, 6.07) is 11.0. The monoisotopic (exact) mass is 756 g/mol. The van der Waals surface area contributed by atoms with Gasteiger partial charge in [0, 0.05) is 11.8 Å². The van der Waals surface area contributed by atoms with Gasteiger partial charge in [0.25, 0.3) is 0 Å². The first-order valence-corrected chi connectivity index (χ1v) is 22.1. The van der Waals surface area contributed by atoms with Crippen molar-refractivity contribution < 1.29 is 28.1 Å². The van der Waals surface area contributed by atoms with Gasteiger partial charge in [-0.05, 0) is 95.8 Å². The Kier molecular flexibility index (Phi) is 17.4. The van der Waals surface area contributed by atoms with Crippen molar-refractivity contribution in [1.82, 2.24) is 4.98 Å². The lowest BCUT2D eigenvalue weighted by Gasteiger charge is -2.20. The first kappa shape index (κ1) is 42.3. The van der Waals surface area contributed by atoms with Crippen LogP contribution < -0.4 is 23.7 Å². The number of fused-ring (bicyclic) bond motifs is 8. The SMILES string of the molecule is CCCCCOc1cc2c3cc(OCCCCC)c(OCCCCC)cc3c3c(cc(OCCCCC)c4oc(CCCC)nc43)c2cc1OCCCCC. The predicted octanol–water partition coefficient (Wildman–Crippen LogP) is 14.5. The second-order valence-corrected chi connectivity index (χ2v) is 15.2. The molecule has 5 aromatic rings. The number of oxazole rings is 1. The highest BCUT2D eigenvalue weighted by Crippen LogP contribution is 2.48. The van der Waals surface area contributed by atoms with Gasteiger partial charge in [0.05, 0.1) is 33.0 Å². The Morgan fingerprint density at radius 1 is 0.400 bits per heavy atom. The van der Waals surface area contributed by atoms with Crippen LogP contribution in [0.15, 0.2) is 34.7 Å². The molecule has 0 radical (unpaired) electrons. The molecule has 0 aliphatic carbocycles. The molecular weight excluding hydrogens is 687 g/mol. The fourth-order valence-corrected chi connectivity index (χ4v) is 7.24. The Morgan fingerprint density at radius 3 is 1.11 bits per heavy atom. The van der Waals surface area contributed by atoms with Gasteiger partial charge in [-0.3, -0.25) is 0 Å². The minimum absolute atomic E-state index is 0.626. The average Bonchev–Trinajstić information content (AvgIpc) is 3.63. The van der Waals surface area contributed by atoms with Gasteiger partial charge < -0.3 is 28.1 Å². The summed E-state index contributed by atoms with van der Waals surface area (Å²) in [5.74, 6) is 4.61. The Bertz CT molecular complexity index is 1860. The molecule has 55 heavy (non-hydrogen) atoms. The number of aryl methyl sites for hydroxylation is 1. The predicted molar refractivity (Wildman–Crippen MR) is 230 cm³/mol. The minimum atomic E-state index is 0.626. The van der Waals surface area contributed by atoms with Gasteiger partial charge in [0.2, 0.25) is 0 Å². The van der Waals surface area contributed by atoms with E-state index in [9.17, 15) is 0 Å². The maximum atomic E-state index is 6.60. The van der Waals surface area contributed by atoms with Gasteiger partial charge >= 0.3 is 0 Å². The summed E-state index contributed by atoms with van der Waals surface area (Å²) in [5, 5.41) is 6.37. The highest BCUT2D eigenvalue weighted by molar-refractivity contribution is 6.31. The van der Waals surface area contributed by atoms with E-state index in [4.69, 9.17) is 33.1 Å². The molecule has 0 amide bonds. The second kappa shape index (κ2) is 22.6. The molecule has 0 saturated heterocycles. The number of ether oxygens (including phenoxy) is 5. The number of benzene rings is 4. The summed E-state index contributed by atoms with van der Waals surface area (Å²) in [4.78, 5) is 5.24. The summed E-state index contributed by atoms with van der Waals surface area (Å²) in [6.45, 7) is 16.5. The number of rotatable bonds is 28. The fraction of sp³-hybridized carbons (Fsp3) is 0.604. The molecule has 1 heterocycles. The number of hydrogen-bond acceptors (Lipinski definition) is 7. The maximum Gasteiger partial charge on any atom is 0.197 e. The topological polar surface area (TPSA) is 72.2 Å². The zero-order valence-electron chi connectivity index (χ0n) is 35.0. The lowest BCUT2D eigenvalue weighted by Crippen LogP contribution is -2.04. The molecule has 4 aromatic carbocycles. The second-order valence-electron chi connectivity index (χ2n) is 15.2. The fourth-order valence-electron chi connectivity index (χ4n) is 7.24. The van der Waals surface area contributed by atoms with E-state index in [1.54, 1.807) is 0 Å². The third-order valence-electron chi connectivity index (χ3n) is 10.5. The van der Waals surface area contributed by atoms with Crippen LogP contribution in [0, 0.1) is 0 Å². The Morgan fingerprint density at radius 2 is 0.727 bits per heavy atom. The highest BCUT2D eigenvalue weighted by atomic mass is 16.5. The molecule has 7 heteroatoms. The normalized spacial score (nSPS) is 11.7. The molecule has 7 nitrogen and oxygen atoms in total. The van der Waals surface area contributed by atoms with E-state index in [1.807, 2.05) is 0 Å². The van der Waals surface area contributed by atoms with Gasteiger partial charge in [0.15, 0.2) is 40.2 Å². The molecule has 0 unspecified atom stereocenters. The Hall–Kier alpha value is -3.87. The zero-order valence-corrected chi connectivity index (χ0v) is 35.0. The molecule has 302 valence electrons.